The van der Waals surface area contributed by atoms with Crippen LogP contribution >= 0.6 is 0 Å². The van der Waals surface area contributed by atoms with E-state index in [2.05, 4.69) is 0 Å². The second kappa shape index (κ2) is 3.81. The van der Waals surface area contributed by atoms with Crippen molar-refractivity contribution in [1.29, 1.82) is 0 Å². The number of nitrogens with two attached hydrogens (primary N) is 1. The van der Waals surface area contributed by atoms with Gasteiger partial charge in [-0.2, -0.15) is 0 Å². The maximum Gasteiger partial charge on any atom is 0.326 e. The smallest absolute Gasteiger partial charge is 0.326 e. The van der Waals surface area contributed by atoms with Gasteiger partial charge in [-0.25, -0.2) is 4.79 Å². The van der Waals surface area contributed by atoms with Crippen LogP contribution in [0, 0.1) is 11.8 Å². The van der Waals surface area contributed by atoms with Crippen molar-refractivity contribution in [3.8, 4) is 0 Å². The van der Waals surface area contributed by atoms with Crippen molar-refractivity contribution in [2.24, 2.45) is 17.6 Å². The van der Waals surface area contributed by atoms with Crippen LogP contribution in [0.25, 0.3) is 0 Å². The average molecular weight is 212 g/mol. The number of amides is 1. The fraction of sp³-hybridized carbons (Fsp3) is 0.800. The summed E-state index contributed by atoms with van der Waals surface area (Å²) in [5.41, 5.74) is 5.50. The molecule has 1 aliphatic carbocycles. The number of carbonyl (C=O) groups excluding carboxylic acids is 1. The number of aliphatic carboxylic acids is 1. The van der Waals surface area contributed by atoms with Crippen LogP contribution in [0.5, 0.6) is 0 Å². The van der Waals surface area contributed by atoms with Gasteiger partial charge in [-0.15, -0.1) is 0 Å². The Balaban J connectivity index is 2.07. The molecule has 2 fully saturated rings. The number of rotatable bonds is 4. The molecule has 0 aromatic heterocycles. The standard InChI is InChI=1S/C10H16N2O3/c11-4-6-3-8(13)12(5-6)9(10(14)15)7-1-2-7/h6-7,9H,1-5,11H2,(H,14,15). The first-order chi connectivity index (χ1) is 7.13. The zero-order valence-corrected chi connectivity index (χ0v) is 8.56. The zero-order chi connectivity index (χ0) is 11.0. The van der Waals surface area contributed by atoms with E-state index in [1.807, 2.05) is 0 Å². The van der Waals surface area contributed by atoms with Gasteiger partial charge < -0.3 is 15.7 Å². The predicted octanol–water partition coefficient (Wildman–Crippen LogP) is -0.343. The van der Waals surface area contributed by atoms with Gasteiger partial charge in [0.15, 0.2) is 0 Å². The van der Waals surface area contributed by atoms with Crippen LogP contribution in [-0.4, -0.2) is 41.0 Å². The van der Waals surface area contributed by atoms with Gasteiger partial charge in [0.1, 0.15) is 6.04 Å². The lowest BCUT2D eigenvalue weighted by Gasteiger charge is -2.24. The van der Waals surface area contributed by atoms with E-state index in [1.165, 1.54) is 4.90 Å². The molecule has 15 heavy (non-hydrogen) atoms. The Bertz CT molecular complexity index is 288. The van der Waals surface area contributed by atoms with E-state index in [1.54, 1.807) is 0 Å². The summed E-state index contributed by atoms with van der Waals surface area (Å²) < 4.78 is 0. The molecule has 1 amide bonds. The summed E-state index contributed by atoms with van der Waals surface area (Å²) in [6, 6.07) is -0.603. The molecule has 0 aromatic rings. The van der Waals surface area contributed by atoms with Gasteiger partial charge in [0, 0.05) is 13.0 Å². The minimum Gasteiger partial charge on any atom is -0.480 e. The van der Waals surface area contributed by atoms with Gasteiger partial charge in [-0.05, 0) is 31.2 Å². The maximum atomic E-state index is 11.6. The van der Waals surface area contributed by atoms with Crippen molar-refractivity contribution in [3.63, 3.8) is 0 Å². The zero-order valence-electron chi connectivity index (χ0n) is 8.56. The van der Waals surface area contributed by atoms with Crippen molar-refractivity contribution < 1.29 is 14.7 Å². The summed E-state index contributed by atoms with van der Waals surface area (Å²) in [6.07, 6.45) is 2.26. The molecular formula is C10H16N2O3. The van der Waals surface area contributed by atoms with Gasteiger partial charge in [0.05, 0.1) is 0 Å². The Morgan fingerprint density at radius 1 is 1.60 bits per heavy atom. The molecule has 2 unspecified atom stereocenters. The summed E-state index contributed by atoms with van der Waals surface area (Å²) >= 11 is 0. The maximum absolute atomic E-state index is 11.6. The number of likely N-dealkylation sites (tertiary alicyclic amines) is 1. The third-order valence-electron chi connectivity index (χ3n) is 3.23. The normalized spacial score (nSPS) is 28.2. The second-order valence-electron chi connectivity index (χ2n) is 4.47. The Labute approximate surface area is 88.2 Å². The van der Waals surface area contributed by atoms with Crippen LogP contribution < -0.4 is 5.73 Å². The summed E-state index contributed by atoms with van der Waals surface area (Å²) in [4.78, 5) is 24.2. The summed E-state index contributed by atoms with van der Waals surface area (Å²) in [6.45, 7) is 0.974. The van der Waals surface area contributed by atoms with E-state index in [9.17, 15) is 9.59 Å². The molecular weight excluding hydrogens is 196 g/mol. The molecule has 1 aliphatic heterocycles. The van der Waals surface area contributed by atoms with Gasteiger partial charge in [0.2, 0.25) is 5.91 Å². The van der Waals surface area contributed by atoms with Crippen molar-refractivity contribution in [2.75, 3.05) is 13.1 Å². The van der Waals surface area contributed by atoms with Crippen LogP contribution in [0.4, 0.5) is 0 Å². The van der Waals surface area contributed by atoms with Gasteiger partial charge in [-0.1, -0.05) is 0 Å². The van der Waals surface area contributed by atoms with Gasteiger partial charge in [-0.3, -0.25) is 4.79 Å². The van der Waals surface area contributed by atoms with E-state index in [-0.39, 0.29) is 17.7 Å². The predicted molar refractivity (Wildman–Crippen MR) is 53.0 cm³/mol. The molecule has 2 atom stereocenters. The molecule has 2 rings (SSSR count). The first kappa shape index (κ1) is 10.4. The minimum atomic E-state index is -0.872. The highest BCUT2D eigenvalue weighted by atomic mass is 16.4. The lowest BCUT2D eigenvalue weighted by Crippen LogP contribution is -2.44. The van der Waals surface area contributed by atoms with Gasteiger partial charge >= 0.3 is 5.97 Å². The van der Waals surface area contributed by atoms with Crippen LogP contribution in [0.2, 0.25) is 0 Å². The summed E-state index contributed by atoms with van der Waals surface area (Å²) in [5, 5.41) is 9.10. The molecule has 1 saturated carbocycles. The SMILES string of the molecule is NCC1CC(=O)N(C(C(=O)O)C2CC2)C1. The molecule has 3 N–H and O–H groups in total. The Hall–Kier alpha value is -1.10. The van der Waals surface area contributed by atoms with E-state index >= 15 is 0 Å². The third-order valence-corrected chi connectivity index (χ3v) is 3.23. The van der Waals surface area contributed by atoms with Crippen molar-refractivity contribution in [3.05, 3.63) is 0 Å². The van der Waals surface area contributed by atoms with Crippen molar-refractivity contribution in [1.82, 2.24) is 4.90 Å². The molecule has 1 saturated heterocycles. The molecule has 2 aliphatic rings. The molecule has 0 bridgehead atoms. The van der Waals surface area contributed by atoms with Gasteiger partial charge in [0.25, 0.3) is 0 Å². The molecule has 0 radical (unpaired) electrons. The fourth-order valence-corrected chi connectivity index (χ4v) is 2.24. The fourth-order valence-electron chi connectivity index (χ4n) is 2.24. The number of carboxylic acids is 1. The first-order valence-corrected chi connectivity index (χ1v) is 5.35. The quantitative estimate of drug-likeness (QED) is 0.667. The van der Waals surface area contributed by atoms with E-state index in [0.717, 1.165) is 12.8 Å². The molecule has 0 spiro atoms. The molecule has 5 nitrogen and oxygen atoms in total. The summed E-state index contributed by atoms with van der Waals surface area (Å²) in [5.74, 6) is -0.616. The van der Waals surface area contributed by atoms with Crippen molar-refractivity contribution >= 4 is 11.9 Å². The number of hydrogen-bond donors (Lipinski definition) is 2. The highest BCUT2D eigenvalue weighted by molar-refractivity contribution is 5.85. The minimum absolute atomic E-state index is 0.0512. The van der Waals surface area contributed by atoms with E-state index in [0.29, 0.717) is 19.5 Å². The number of hydrogen-bond acceptors (Lipinski definition) is 3. The molecule has 1 heterocycles. The highest BCUT2D eigenvalue weighted by Gasteiger charge is 2.45. The lowest BCUT2D eigenvalue weighted by atomic mass is 10.1. The van der Waals surface area contributed by atoms with Crippen LogP contribution in [0.1, 0.15) is 19.3 Å². The highest BCUT2D eigenvalue weighted by Crippen LogP contribution is 2.37. The molecule has 84 valence electrons. The number of nitrogens with zero attached hydrogens (tertiary/aromatic N) is 1. The van der Waals surface area contributed by atoms with Crippen LogP contribution in [-0.2, 0) is 9.59 Å². The monoisotopic (exact) mass is 212 g/mol. The lowest BCUT2D eigenvalue weighted by molar-refractivity contribution is -0.149. The topological polar surface area (TPSA) is 83.6 Å². The Morgan fingerprint density at radius 3 is 2.67 bits per heavy atom. The largest absolute Gasteiger partial charge is 0.480 e. The Morgan fingerprint density at radius 2 is 2.27 bits per heavy atom. The molecule has 0 aromatic carbocycles. The van der Waals surface area contributed by atoms with E-state index < -0.39 is 12.0 Å². The Kier molecular flexibility index (Phi) is 2.65. The number of carbonyl (C=O) groups is 2. The molecule has 5 heteroatoms. The van der Waals surface area contributed by atoms with Crippen LogP contribution in [0.3, 0.4) is 0 Å². The first-order valence-electron chi connectivity index (χ1n) is 5.35. The van der Waals surface area contributed by atoms with Crippen LogP contribution in [0.15, 0.2) is 0 Å². The van der Waals surface area contributed by atoms with E-state index in [4.69, 9.17) is 10.8 Å². The number of carboxylic acid groups (broad SMARTS) is 1. The summed E-state index contributed by atoms with van der Waals surface area (Å²) in [7, 11) is 0. The third kappa shape index (κ3) is 1.97. The van der Waals surface area contributed by atoms with Crippen molar-refractivity contribution in [2.45, 2.75) is 25.3 Å². The average Bonchev–Trinajstić information content (AvgIpc) is 2.92. The second-order valence-corrected chi connectivity index (χ2v) is 4.47.